The number of rotatable bonds is 8. The highest BCUT2D eigenvalue weighted by atomic mass is 35.5. The molecule has 0 atom stereocenters. The molecule has 0 fully saturated rings. The molecule has 148 valence electrons. The summed E-state index contributed by atoms with van der Waals surface area (Å²) in [7, 11) is 2.83. The largest absolute Gasteiger partial charge is 0.494 e. The van der Waals surface area contributed by atoms with Crippen molar-refractivity contribution >= 4 is 29.7 Å². The van der Waals surface area contributed by atoms with Crippen molar-refractivity contribution in [2.45, 2.75) is 6.42 Å². The first-order valence-corrected chi connectivity index (χ1v) is 8.83. The molecule has 0 unspecified atom stereocenters. The highest BCUT2D eigenvalue weighted by Crippen LogP contribution is 2.25. The van der Waals surface area contributed by atoms with Gasteiger partial charge in [0.2, 0.25) is 5.91 Å². The van der Waals surface area contributed by atoms with Crippen molar-refractivity contribution in [3.8, 4) is 5.75 Å². The molecule has 0 heterocycles. The van der Waals surface area contributed by atoms with E-state index in [1.54, 1.807) is 12.1 Å². The standard InChI is InChI=1S/C20H20ClFN2O4/c1-24(20(27)15-6-4-3-5-14(15)12-25)11-19(26)23-8-7-13-9-18(28-2)17(22)10-16(13)21/h3-6,9-10,12H,7-8,11H2,1-2H3,(H,23,26). The highest BCUT2D eigenvalue weighted by molar-refractivity contribution is 6.31. The third-order valence-corrected chi connectivity index (χ3v) is 4.43. The first-order chi connectivity index (χ1) is 13.4. The van der Waals surface area contributed by atoms with Crippen molar-refractivity contribution in [1.29, 1.82) is 0 Å². The van der Waals surface area contributed by atoms with Gasteiger partial charge >= 0.3 is 0 Å². The Morgan fingerprint density at radius 2 is 2.00 bits per heavy atom. The summed E-state index contributed by atoms with van der Waals surface area (Å²) in [5.74, 6) is -1.28. The Morgan fingerprint density at radius 3 is 2.68 bits per heavy atom. The first-order valence-electron chi connectivity index (χ1n) is 8.45. The van der Waals surface area contributed by atoms with Crippen molar-refractivity contribution in [2.75, 3.05) is 27.2 Å². The lowest BCUT2D eigenvalue weighted by atomic mass is 10.1. The number of likely N-dealkylation sites (N-methyl/N-ethyl adjacent to an activating group) is 1. The third kappa shape index (κ3) is 5.29. The quantitative estimate of drug-likeness (QED) is 0.684. The fourth-order valence-electron chi connectivity index (χ4n) is 2.60. The molecule has 2 rings (SSSR count). The van der Waals surface area contributed by atoms with Gasteiger partial charge in [0.15, 0.2) is 17.9 Å². The van der Waals surface area contributed by atoms with E-state index in [9.17, 15) is 18.8 Å². The van der Waals surface area contributed by atoms with Crippen LogP contribution < -0.4 is 10.1 Å². The Balaban J connectivity index is 1.90. The zero-order valence-corrected chi connectivity index (χ0v) is 16.3. The Hall–Kier alpha value is -2.93. The van der Waals surface area contributed by atoms with Crippen molar-refractivity contribution in [2.24, 2.45) is 0 Å². The average Bonchev–Trinajstić information content (AvgIpc) is 2.68. The lowest BCUT2D eigenvalue weighted by molar-refractivity contribution is -0.121. The van der Waals surface area contributed by atoms with Crippen molar-refractivity contribution in [3.63, 3.8) is 0 Å². The molecule has 0 bridgehead atoms. The molecule has 8 heteroatoms. The van der Waals surface area contributed by atoms with Gasteiger partial charge in [-0.05, 0) is 30.2 Å². The molecular weight excluding hydrogens is 387 g/mol. The van der Waals surface area contributed by atoms with Crippen LogP contribution in [0.2, 0.25) is 5.02 Å². The van der Waals surface area contributed by atoms with E-state index in [0.717, 1.165) is 6.07 Å². The number of amides is 2. The van der Waals surface area contributed by atoms with Crippen molar-refractivity contribution < 1.29 is 23.5 Å². The minimum absolute atomic E-state index is 0.0740. The van der Waals surface area contributed by atoms with Gasteiger partial charge in [-0.2, -0.15) is 0 Å². The zero-order valence-electron chi connectivity index (χ0n) is 15.5. The Kier molecular flexibility index (Phi) is 7.52. The number of ether oxygens (including phenoxy) is 1. The molecule has 0 aliphatic heterocycles. The van der Waals surface area contributed by atoms with Gasteiger partial charge < -0.3 is 15.0 Å². The summed E-state index contributed by atoms with van der Waals surface area (Å²) in [6, 6.07) is 9.02. The first kappa shape index (κ1) is 21.4. The fraction of sp³-hybridized carbons (Fsp3) is 0.250. The molecule has 0 saturated heterocycles. The molecule has 1 N–H and O–H groups in total. The second kappa shape index (κ2) is 9.85. The topological polar surface area (TPSA) is 75.7 Å². The van der Waals surface area contributed by atoms with Gasteiger partial charge in [0.25, 0.3) is 5.91 Å². The molecule has 0 spiro atoms. The van der Waals surface area contributed by atoms with E-state index in [1.807, 2.05) is 0 Å². The maximum Gasteiger partial charge on any atom is 0.254 e. The Bertz CT molecular complexity index is 889. The van der Waals surface area contributed by atoms with Crippen LogP contribution in [0.15, 0.2) is 36.4 Å². The van der Waals surface area contributed by atoms with Gasteiger partial charge in [0, 0.05) is 24.2 Å². The number of nitrogens with zero attached hydrogens (tertiary/aromatic N) is 1. The number of hydrogen-bond acceptors (Lipinski definition) is 4. The second-order valence-corrected chi connectivity index (χ2v) is 6.45. The minimum atomic E-state index is -0.559. The lowest BCUT2D eigenvalue weighted by Crippen LogP contribution is -2.39. The van der Waals surface area contributed by atoms with E-state index in [2.05, 4.69) is 5.32 Å². The highest BCUT2D eigenvalue weighted by Gasteiger charge is 2.17. The van der Waals surface area contributed by atoms with Gasteiger partial charge in [-0.25, -0.2) is 4.39 Å². The normalized spacial score (nSPS) is 10.3. The predicted molar refractivity (Wildman–Crippen MR) is 103 cm³/mol. The molecular formula is C20H20ClFN2O4. The number of halogens is 2. The zero-order chi connectivity index (χ0) is 20.7. The van der Waals surface area contributed by atoms with Gasteiger partial charge in [-0.1, -0.05) is 29.8 Å². The molecule has 0 saturated carbocycles. The van der Waals surface area contributed by atoms with Crippen LogP contribution in [0.1, 0.15) is 26.3 Å². The number of nitrogens with one attached hydrogen (secondary N) is 1. The minimum Gasteiger partial charge on any atom is -0.494 e. The number of aldehydes is 1. The van der Waals surface area contributed by atoms with Crippen LogP contribution in [-0.4, -0.2) is 50.2 Å². The summed E-state index contributed by atoms with van der Waals surface area (Å²) >= 11 is 6.01. The van der Waals surface area contributed by atoms with Gasteiger partial charge in [-0.3, -0.25) is 14.4 Å². The Morgan fingerprint density at radius 1 is 1.29 bits per heavy atom. The summed E-state index contributed by atoms with van der Waals surface area (Å²) in [6.45, 7) is 0.0762. The SMILES string of the molecule is COc1cc(CCNC(=O)CN(C)C(=O)c2ccccc2C=O)c(Cl)cc1F. The van der Waals surface area contributed by atoms with Crippen LogP contribution in [-0.2, 0) is 11.2 Å². The van der Waals surface area contributed by atoms with E-state index >= 15 is 0 Å². The molecule has 28 heavy (non-hydrogen) atoms. The monoisotopic (exact) mass is 406 g/mol. The number of carbonyl (C=O) groups excluding carboxylic acids is 3. The van der Waals surface area contributed by atoms with E-state index < -0.39 is 11.7 Å². The smallest absolute Gasteiger partial charge is 0.254 e. The van der Waals surface area contributed by atoms with E-state index in [0.29, 0.717) is 18.3 Å². The van der Waals surface area contributed by atoms with E-state index in [4.69, 9.17) is 16.3 Å². The second-order valence-electron chi connectivity index (χ2n) is 6.04. The van der Waals surface area contributed by atoms with Crippen LogP contribution in [0.3, 0.4) is 0 Å². The molecule has 0 aliphatic carbocycles. The molecule has 2 amide bonds. The number of carbonyl (C=O) groups is 3. The number of benzene rings is 2. The average molecular weight is 407 g/mol. The van der Waals surface area contributed by atoms with Crippen LogP contribution in [0.4, 0.5) is 4.39 Å². The maximum atomic E-state index is 13.6. The molecule has 2 aromatic rings. The fourth-order valence-corrected chi connectivity index (χ4v) is 2.84. The third-order valence-electron chi connectivity index (χ3n) is 4.08. The summed E-state index contributed by atoms with van der Waals surface area (Å²) in [6.07, 6.45) is 0.967. The van der Waals surface area contributed by atoms with Crippen molar-refractivity contribution in [3.05, 3.63) is 63.9 Å². The van der Waals surface area contributed by atoms with Crippen LogP contribution in [0, 0.1) is 5.82 Å². The molecule has 2 aromatic carbocycles. The van der Waals surface area contributed by atoms with Crippen LogP contribution in [0.5, 0.6) is 5.75 Å². The van der Waals surface area contributed by atoms with Crippen molar-refractivity contribution in [1.82, 2.24) is 10.2 Å². The number of hydrogen-bond donors (Lipinski definition) is 1. The summed E-state index contributed by atoms with van der Waals surface area (Å²) in [5.41, 5.74) is 1.13. The lowest BCUT2D eigenvalue weighted by Gasteiger charge is -2.18. The molecule has 0 aliphatic rings. The van der Waals surface area contributed by atoms with Gasteiger partial charge in [0.05, 0.1) is 19.2 Å². The van der Waals surface area contributed by atoms with Gasteiger partial charge in [-0.15, -0.1) is 0 Å². The Labute approximate surface area is 167 Å². The predicted octanol–water partition coefficient (Wildman–Crippen LogP) is 2.73. The van der Waals surface area contributed by atoms with Gasteiger partial charge in [0.1, 0.15) is 0 Å². The molecule has 6 nitrogen and oxygen atoms in total. The summed E-state index contributed by atoms with van der Waals surface area (Å²) in [4.78, 5) is 36.8. The summed E-state index contributed by atoms with van der Waals surface area (Å²) in [5, 5.41) is 2.92. The van der Waals surface area contributed by atoms with Crippen LogP contribution >= 0.6 is 11.6 Å². The maximum absolute atomic E-state index is 13.6. The van der Waals surface area contributed by atoms with Crippen LogP contribution in [0.25, 0.3) is 0 Å². The molecule has 0 radical (unpaired) electrons. The number of methoxy groups -OCH3 is 1. The summed E-state index contributed by atoms with van der Waals surface area (Å²) < 4.78 is 18.5. The molecule has 0 aromatic heterocycles. The van der Waals surface area contributed by atoms with E-state index in [-0.39, 0.29) is 40.9 Å². The van der Waals surface area contributed by atoms with E-state index in [1.165, 1.54) is 37.3 Å².